The van der Waals surface area contributed by atoms with Crippen LogP contribution < -0.4 is 15.4 Å². The van der Waals surface area contributed by atoms with Gasteiger partial charge in [-0.25, -0.2) is 0 Å². The highest BCUT2D eigenvalue weighted by atomic mass is 35.5. The van der Waals surface area contributed by atoms with Crippen LogP contribution in [0.25, 0.3) is 0 Å². The number of rotatable bonds is 8. The molecule has 0 saturated carbocycles. The summed E-state index contributed by atoms with van der Waals surface area (Å²) in [4.78, 5) is 26.6. The molecule has 0 aliphatic carbocycles. The number of nitrogens with one attached hydrogen (secondary N) is 2. The fraction of sp³-hybridized carbons (Fsp3) is 0.600. The standard InChI is InChI=1S/C20H31N3O3.ClH/c1-4-23(20(25)11-15(2)16-7-6-10-21-13-16)14-19(24)22-17-8-5-9-18(12-17)26-3;/h5,8-9,12,15-16,21H,4,6-7,10-11,13-14H2,1-3H3,(H,22,24);1H. The van der Waals surface area contributed by atoms with Crippen LogP contribution in [0.3, 0.4) is 0 Å². The molecule has 2 rings (SSSR count). The lowest BCUT2D eigenvalue weighted by atomic mass is 9.85. The van der Waals surface area contributed by atoms with Gasteiger partial charge in [-0.3, -0.25) is 9.59 Å². The number of carbonyl (C=O) groups excluding carboxylic acids is 2. The maximum absolute atomic E-state index is 12.6. The summed E-state index contributed by atoms with van der Waals surface area (Å²) in [5.74, 6) is 1.40. The van der Waals surface area contributed by atoms with Gasteiger partial charge in [0.15, 0.2) is 0 Å². The fourth-order valence-electron chi connectivity index (χ4n) is 3.39. The molecule has 0 spiro atoms. The zero-order valence-corrected chi connectivity index (χ0v) is 17.3. The Balaban J connectivity index is 0.00000364. The van der Waals surface area contributed by atoms with Crippen LogP contribution in [0.1, 0.15) is 33.1 Å². The zero-order valence-electron chi connectivity index (χ0n) is 16.5. The number of piperidine rings is 1. The van der Waals surface area contributed by atoms with Gasteiger partial charge in [0.2, 0.25) is 11.8 Å². The van der Waals surface area contributed by atoms with Crippen LogP contribution >= 0.6 is 12.4 Å². The summed E-state index contributed by atoms with van der Waals surface area (Å²) >= 11 is 0. The zero-order chi connectivity index (χ0) is 18.9. The van der Waals surface area contributed by atoms with Gasteiger partial charge in [0.25, 0.3) is 0 Å². The Morgan fingerprint density at radius 3 is 2.81 bits per heavy atom. The number of hydrogen-bond donors (Lipinski definition) is 2. The maximum Gasteiger partial charge on any atom is 0.243 e. The highest BCUT2D eigenvalue weighted by Gasteiger charge is 2.24. The van der Waals surface area contributed by atoms with Crippen molar-refractivity contribution in [2.24, 2.45) is 11.8 Å². The van der Waals surface area contributed by atoms with Crippen molar-refractivity contribution in [2.75, 3.05) is 38.6 Å². The topological polar surface area (TPSA) is 70.7 Å². The molecule has 152 valence electrons. The molecule has 1 heterocycles. The first-order valence-electron chi connectivity index (χ1n) is 9.45. The van der Waals surface area contributed by atoms with Gasteiger partial charge in [0.05, 0.1) is 13.7 Å². The first-order valence-corrected chi connectivity index (χ1v) is 9.45. The molecule has 1 saturated heterocycles. The molecule has 1 aromatic rings. The summed E-state index contributed by atoms with van der Waals surface area (Å²) in [5.41, 5.74) is 0.666. The van der Waals surface area contributed by atoms with E-state index in [2.05, 4.69) is 17.6 Å². The minimum Gasteiger partial charge on any atom is -0.497 e. The van der Waals surface area contributed by atoms with Crippen molar-refractivity contribution in [1.82, 2.24) is 10.2 Å². The quantitative estimate of drug-likeness (QED) is 0.707. The molecule has 0 bridgehead atoms. The molecule has 2 amide bonds. The van der Waals surface area contributed by atoms with Crippen molar-refractivity contribution in [3.8, 4) is 5.75 Å². The second kappa shape index (κ2) is 11.8. The molecule has 1 aliphatic rings. The van der Waals surface area contributed by atoms with E-state index in [-0.39, 0.29) is 30.8 Å². The van der Waals surface area contributed by atoms with E-state index in [1.807, 2.05) is 19.1 Å². The molecule has 0 radical (unpaired) electrons. The van der Waals surface area contributed by atoms with E-state index in [1.165, 1.54) is 12.8 Å². The third-order valence-electron chi connectivity index (χ3n) is 5.06. The Hall–Kier alpha value is -1.79. The Labute approximate surface area is 168 Å². The van der Waals surface area contributed by atoms with Gasteiger partial charge < -0.3 is 20.3 Å². The van der Waals surface area contributed by atoms with Gasteiger partial charge in [-0.05, 0) is 56.8 Å². The number of ether oxygens (including phenoxy) is 1. The van der Waals surface area contributed by atoms with E-state index < -0.39 is 0 Å². The summed E-state index contributed by atoms with van der Waals surface area (Å²) in [5, 5.41) is 6.23. The molecular formula is C20H32ClN3O3. The summed E-state index contributed by atoms with van der Waals surface area (Å²) in [6.07, 6.45) is 2.83. The average molecular weight is 398 g/mol. The molecule has 2 atom stereocenters. The van der Waals surface area contributed by atoms with E-state index in [1.54, 1.807) is 24.1 Å². The third kappa shape index (κ3) is 7.39. The third-order valence-corrected chi connectivity index (χ3v) is 5.06. The Morgan fingerprint density at radius 2 is 2.19 bits per heavy atom. The smallest absolute Gasteiger partial charge is 0.243 e. The first kappa shape index (κ1) is 23.2. The predicted octanol–water partition coefficient (Wildman–Crippen LogP) is 2.93. The first-order chi connectivity index (χ1) is 12.5. The summed E-state index contributed by atoms with van der Waals surface area (Å²) < 4.78 is 5.16. The number of carbonyl (C=O) groups is 2. The van der Waals surface area contributed by atoms with Crippen LogP contribution in [-0.2, 0) is 9.59 Å². The van der Waals surface area contributed by atoms with Crippen LogP contribution in [0.5, 0.6) is 5.75 Å². The van der Waals surface area contributed by atoms with Crippen LogP contribution in [0.2, 0.25) is 0 Å². The van der Waals surface area contributed by atoms with Crippen LogP contribution in [0.4, 0.5) is 5.69 Å². The van der Waals surface area contributed by atoms with Gasteiger partial charge in [0.1, 0.15) is 5.75 Å². The van der Waals surface area contributed by atoms with Gasteiger partial charge in [-0.15, -0.1) is 12.4 Å². The number of halogens is 1. The van der Waals surface area contributed by atoms with Gasteiger partial charge >= 0.3 is 0 Å². The number of anilines is 1. The Bertz CT molecular complexity index is 606. The van der Waals surface area contributed by atoms with Crippen LogP contribution in [-0.4, -0.2) is 50.0 Å². The van der Waals surface area contributed by atoms with Crippen molar-refractivity contribution in [3.05, 3.63) is 24.3 Å². The van der Waals surface area contributed by atoms with Gasteiger partial charge in [-0.2, -0.15) is 0 Å². The van der Waals surface area contributed by atoms with Crippen LogP contribution in [0, 0.1) is 11.8 Å². The van der Waals surface area contributed by atoms with Gasteiger partial charge in [-0.1, -0.05) is 13.0 Å². The lowest BCUT2D eigenvalue weighted by Crippen LogP contribution is -2.40. The second-order valence-electron chi connectivity index (χ2n) is 6.98. The number of amides is 2. The summed E-state index contributed by atoms with van der Waals surface area (Å²) in [7, 11) is 1.58. The number of hydrogen-bond acceptors (Lipinski definition) is 4. The number of likely N-dealkylation sites (N-methyl/N-ethyl adjacent to an activating group) is 1. The van der Waals surface area contributed by atoms with Gasteiger partial charge in [0, 0.05) is 24.7 Å². The molecule has 1 aromatic carbocycles. The number of methoxy groups -OCH3 is 1. The molecule has 7 heteroatoms. The largest absolute Gasteiger partial charge is 0.497 e. The Morgan fingerprint density at radius 1 is 1.41 bits per heavy atom. The van der Waals surface area contributed by atoms with E-state index in [4.69, 9.17) is 4.74 Å². The number of nitrogens with zero attached hydrogens (tertiary/aromatic N) is 1. The lowest BCUT2D eigenvalue weighted by molar-refractivity contribution is -0.135. The van der Waals surface area contributed by atoms with Crippen molar-refractivity contribution in [2.45, 2.75) is 33.1 Å². The fourth-order valence-corrected chi connectivity index (χ4v) is 3.39. The van der Waals surface area contributed by atoms with E-state index in [9.17, 15) is 9.59 Å². The van der Waals surface area contributed by atoms with Crippen molar-refractivity contribution < 1.29 is 14.3 Å². The highest BCUT2D eigenvalue weighted by Crippen LogP contribution is 2.23. The monoisotopic (exact) mass is 397 g/mol. The normalized spacial score (nSPS) is 17.4. The molecular weight excluding hydrogens is 366 g/mol. The van der Waals surface area contributed by atoms with E-state index in [0.29, 0.717) is 36.2 Å². The van der Waals surface area contributed by atoms with E-state index >= 15 is 0 Å². The summed E-state index contributed by atoms with van der Waals surface area (Å²) in [6, 6.07) is 7.20. The SMILES string of the molecule is CCN(CC(=O)Nc1cccc(OC)c1)C(=O)CC(C)C1CCCNC1.Cl. The van der Waals surface area contributed by atoms with Crippen molar-refractivity contribution >= 4 is 29.9 Å². The predicted molar refractivity (Wildman–Crippen MR) is 111 cm³/mol. The molecule has 2 unspecified atom stereocenters. The average Bonchev–Trinajstić information content (AvgIpc) is 2.66. The van der Waals surface area contributed by atoms with Crippen molar-refractivity contribution in [3.63, 3.8) is 0 Å². The molecule has 0 aromatic heterocycles. The highest BCUT2D eigenvalue weighted by molar-refractivity contribution is 5.94. The molecule has 2 N–H and O–H groups in total. The minimum atomic E-state index is -0.194. The van der Waals surface area contributed by atoms with E-state index in [0.717, 1.165) is 13.1 Å². The summed E-state index contributed by atoms with van der Waals surface area (Å²) in [6.45, 7) is 6.70. The maximum atomic E-state index is 12.6. The van der Waals surface area contributed by atoms with Crippen LogP contribution in [0.15, 0.2) is 24.3 Å². The Kier molecular flexibility index (Phi) is 10.2. The number of benzene rings is 1. The molecule has 27 heavy (non-hydrogen) atoms. The van der Waals surface area contributed by atoms with Crippen molar-refractivity contribution in [1.29, 1.82) is 0 Å². The molecule has 1 aliphatic heterocycles. The lowest BCUT2D eigenvalue weighted by Gasteiger charge is -2.29. The molecule has 1 fully saturated rings. The molecule has 6 nitrogen and oxygen atoms in total. The second-order valence-corrected chi connectivity index (χ2v) is 6.98. The minimum absolute atomic E-state index is 0.